The van der Waals surface area contributed by atoms with Gasteiger partial charge in [0, 0.05) is 16.8 Å². The van der Waals surface area contributed by atoms with E-state index >= 15 is 0 Å². The lowest BCUT2D eigenvalue weighted by Crippen LogP contribution is -2.39. The van der Waals surface area contributed by atoms with E-state index in [1.54, 1.807) is 66.7 Å². The second-order valence-electron chi connectivity index (χ2n) is 6.08. The molecule has 1 N–H and O–H groups in total. The van der Waals surface area contributed by atoms with Gasteiger partial charge in [-0.25, -0.2) is 0 Å². The number of amides is 1. The van der Waals surface area contributed by atoms with E-state index in [2.05, 4.69) is 5.32 Å². The predicted molar refractivity (Wildman–Crippen MR) is 105 cm³/mol. The van der Waals surface area contributed by atoms with Crippen LogP contribution in [0.4, 0.5) is 5.69 Å². The molecule has 1 amide bonds. The Hall–Kier alpha value is -3.86. The number of anilines is 1. The molecule has 5 nitrogen and oxygen atoms in total. The molecule has 3 aromatic carbocycles. The number of Topliss-reactive ketones (excluding diaryl/α,β-unsaturated/α-hetero) is 3. The van der Waals surface area contributed by atoms with Crippen molar-refractivity contribution in [2.75, 3.05) is 5.32 Å². The van der Waals surface area contributed by atoms with Crippen LogP contribution in [0.5, 0.6) is 0 Å². The highest BCUT2D eigenvalue weighted by Crippen LogP contribution is 2.18. The van der Waals surface area contributed by atoms with Crippen LogP contribution in [0.1, 0.15) is 20.7 Å². The summed E-state index contributed by atoms with van der Waals surface area (Å²) in [6.45, 7) is 0. The third-order valence-electron chi connectivity index (χ3n) is 4.16. The number of benzene rings is 3. The molecule has 138 valence electrons. The number of hydrogen-bond donors (Lipinski definition) is 1. The van der Waals surface area contributed by atoms with Crippen LogP contribution >= 0.6 is 0 Å². The Morgan fingerprint density at radius 1 is 0.571 bits per heavy atom. The molecule has 3 rings (SSSR count). The molecule has 0 saturated heterocycles. The van der Waals surface area contributed by atoms with E-state index in [1.165, 1.54) is 24.3 Å². The Kier molecular flexibility index (Phi) is 5.87. The Bertz CT molecular complexity index is 947. The number of nitrogens with one attached hydrogen (secondary N) is 1. The van der Waals surface area contributed by atoms with Crippen LogP contribution in [0.3, 0.4) is 0 Å². The SMILES string of the molecule is O=C(Nc1ccccc1)C(=O)C(C(=O)c1ccccc1)C(=O)c1ccccc1. The van der Waals surface area contributed by atoms with Gasteiger partial charge in [-0.2, -0.15) is 0 Å². The van der Waals surface area contributed by atoms with Gasteiger partial charge in [-0.05, 0) is 12.1 Å². The first-order valence-electron chi connectivity index (χ1n) is 8.66. The van der Waals surface area contributed by atoms with E-state index in [1.807, 2.05) is 0 Å². The molecule has 0 aliphatic heterocycles. The minimum absolute atomic E-state index is 0.192. The molecule has 0 fully saturated rings. The van der Waals surface area contributed by atoms with Gasteiger partial charge in [-0.1, -0.05) is 78.9 Å². The van der Waals surface area contributed by atoms with Gasteiger partial charge in [0.25, 0.3) is 5.91 Å². The summed E-state index contributed by atoms with van der Waals surface area (Å²) in [5.41, 5.74) is 0.786. The quantitative estimate of drug-likeness (QED) is 0.391. The van der Waals surface area contributed by atoms with Gasteiger partial charge in [0.15, 0.2) is 17.5 Å². The van der Waals surface area contributed by atoms with Gasteiger partial charge in [0.1, 0.15) is 0 Å². The topological polar surface area (TPSA) is 80.3 Å². The fourth-order valence-corrected chi connectivity index (χ4v) is 2.74. The molecular weight excluding hydrogens is 354 g/mol. The van der Waals surface area contributed by atoms with Gasteiger partial charge >= 0.3 is 0 Å². The van der Waals surface area contributed by atoms with Crippen molar-refractivity contribution in [2.24, 2.45) is 5.92 Å². The summed E-state index contributed by atoms with van der Waals surface area (Å²) < 4.78 is 0. The maximum Gasteiger partial charge on any atom is 0.293 e. The molecule has 0 aliphatic rings. The first-order chi connectivity index (χ1) is 13.6. The molecule has 0 radical (unpaired) electrons. The minimum Gasteiger partial charge on any atom is -0.319 e. The van der Waals surface area contributed by atoms with Crippen LogP contribution in [-0.2, 0) is 9.59 Å². The van der Waals surface area contributed by atoms with Crippen LogP contribution in [0, 0.1) is 5.92 Å². The summed E-state index contributed by atoms with van der Waals surface area (Å²) in [6, 6.07) is 24.4. The van der Waals surface area contributed by atoms with Crippen molar-refractivity contribution in [3.8, 4) is 0 Å². The zero-order chi connectivity index (χ0) is 19.9. The van der Waals surface area contributed by atoms with Crippen molar-refractivity contribution in [1.82, 2.24) is 0 Å². The summed E-state index contributed by atoms with van der Waals surface area (Å²) in [5.74, 6) is -5.25. The van der Waals surface area contributed by atoms with E-state index in [0.29, 0.717) is 5.69 Å². The molecule has 5 heteroatoms. The molecule has 0 aromatic heterocycles. The second-order valence-corrected chi connectivity index (χ2v) is 6.08. The Morgan fingerprint density at radius 3 is 1.39 bits per heavy atom. The van der Waals surface area contributed by atoms with Crippen molar-refractivity contribution >= 4 is 28.9 Å². The normalized spacial score (nSPS) is 10.3. The maximum atomic E-state index is 12.9. The fraction of sp³-hybridized carbons (Fsp3) is 0.0435. The fourth-order valence-electron chi connectivity index (χ4n) is 2.74. The van der Waals surface area contributed by atoms with Crippen LogP contribution in [0.25, 0.3) is 0 Å². The van der Waals surface area contributed by atoms with Crippen molar-refractivity contribution in [2.45, 2.75) is 0 Å². The lowest BCUT2D eigenvalue weighted by molar-refractivity contribution is -0.135. The molecule has 0 bridgehead atoms. The molecule has 0 aliphatic carbocycles. The number of rotatable bonds is 7. The highest BCUT2D eigenvalue weighted by Gasteiger charge is 2.38. The summed E-state index contributed by atoms with van der Waals surface area (Å²) >= 11 is 0. The van der Waals surface area contributed by atoms with E-state index in [-0.39, 0.29) is 11.1 Å². The highest BCUT2D eigenvalue weighted by atomic mass is 16.2. The first kappa shape index (κ1) is 18.9. The van der Waals surface area contributed by atoms with Gasteiger partial charge in [-0.3, -0.25) is 19.2 Å². The first-order valence-corrected chi connectivity index (χ1v) is 8.66. The highest BCUT2D eigenvalue weighted by molar-refractivity contribution is 6.50. The number of carbonyl (C=O) groups is 4. The van der Waals surface area contributed by atoms with Crippen LogP contribution in [0.2, 0.25) is 0 Å². The Balaban J connectivity index is 1.93. The van der Waals surface area contributed by atoms with Crippen molar-refractivity contribution in [3.63, 3.8) is 0 Å². The minimum atomic E-state index is -1.74. The summed E-state index contributed by atoms with van der Waals surface area (Å²) in [7, 11) is 0. The van der Waals surface area contributed by atoms with Gasteiger partial charge in [0.05, 0.1) is 0 Å². The number of para-hydroxylation sites is 1. The van der Waals surface area contributed by atoms with Gasteiger partial charge < -0.3 is 5.32 Å². The summed E-state index contributed by atoms with van der Waals surface area (Å²) in [4.78, 5) is 51.2. The second kappa shape index (κ2) is 8.68. The maximum absolute atomic E-state index is 12.9. The monoisotopic (exact) mass is 371 g/mol. The molecule has 0 atom stereocenters. The van der Waals surface area contributed by atoms with Gasteiger partial charge in [0.2, 0.25) is 5.78 Å². The zero-order valence-electron chi connectivity index (χ0n) is 14.9. The van der Waals surface area contributed by atoms with Crippen LogP contribution in [-0.4, -0.2) is 23.3 Å². The molecule has 0 spiro atoms. The van der Waals surface area contributed by atoms with Crippen LogP contribution < -0.4 is 5.32 Å². The van der Waals surface area contributed by atoms with E-state index in [9.17, 15) is 19.2 Å². The summed E-state index contributed by atoms with van der Waals surface area (Å²) in [5, 5.41) is 2.44. The lowest BCUT2D eigenvalue weighted by atomic mass is 9.86. The number of carbonyl (C=O) groups excluding carboxylic acids is 4. The molecule has 3 aromatic rings. The van der Waals surface area contributed by atoms with Crippen molar-refractivity contribution < 1.29 is 19.2 Å². The van der Waals surface area contributed by atoms with E-state index < -0.39 is 29.2 Å². The molecular formula is C23H17NO4. The summed E-state index contributed by atoms with van der Waals surface area (Å²) in [6.07, 6.45) is 0. The average Bonchev–Trinajstić information content (AvgIpc) is 2.75. The van der Waals surface area contributed by atoms with Gasteiger partial charge in [-0.15, -0.1) is 0 Å². The Morgan fingerprint density at radius 2 is 0.964 bits per heavy atom. The molecule has 28 heavy (non-hydrogen) atoms. The molecule has 0 saturated carbocycles. The Labute approximate surface area is 162 Å². The number of ketones is 3. The van der Waals surface area contributed by atoms with Crippen molar-refractivity contribution in [1.29, 1.82) is 0 Å². The lowest BCUT2D eigenvalue weighted by Gasteiger charge is -2.14. The number of hydrogen-bond acceptors (Lipinski definition) is 4. The van der Waals surface area contributed by atoms with Crippen LogP contribution in [0.15, 0.2) is 91.0 Å². The van der Waals surface area contributed by atoms with E-state index in [0.717, 1.165) is 0 Å². The van der Waals surface area contributed by atoms with E-state index in [4.69, 9.17) is 0 Å². The molecule has 0 unspecified atom stereocenters. The van der Waals surface area contributed by atoms with Crippen molar-refractivity contribution in [3.05, 3.63) is 102 Å². The predicted octanol–water partition coefficient (Wildman–Crippen LogP) is 3.58. The average molecular weight is 371 g/mol. The standard InChI is InChI=1S/C23H17NO4/c25-20(16-10-4-1-5-11-16)19(21(26)17-12-6-2-7-13-17)22(27)23(28)24-18-14-8-3-9-15-18/h1-15,19H,(H,24,28). The third-order valence-corrected chi connectivity index (χ3v) is 4.16. The zero-order valence-corrected chi connectivity index (χ0v) is 14.9. The molecule has 0 heterocycles. The largest absolute Gasteiger partial charge is 0.319 e. The third kappa shape index (κ3) is 4.27. The smallest absolute Gasteiger partial charge is 0.293 e.